The summed E-state index contributed by atoms with van der Waals surface area (Å²) < 4.78 is 0. The van der Waals surface area contributed by atoms with Crippen LogP contribution in [-0.2, 0) is 0 Å². The van der Waals surface area contributed by atoms with Crippen LogP contribution >= 0.6 is 0 Å². The molecule has 0 bridgehead atoms. The zero-order valence-corrected chi connectivity index (χ0v) is 11.9. The molecule has 0 amide bonds. The highest BCUT2D eigenvalue weighted by molar-refractivity contribution is 5.83. The highest BCUT2D eigenvalue weighted by atomic mass is 15.2. The molecule has 7 heteroatoms. The van der Waals surface area contributed by atoms with Crippen LogP contribution in [0.15, 0.2) is 6.33 Å². The Morgan fingerprint density at radius 2 is 2.11 bits per heavy atom. The Bertz CT molecular complexity index is 534. The van der Waals surface area contributed by atoms with Gasteiger partial charge in [0.15, 0.2) is 11.5 Å². The topological polar surface area (TPSA) is 81.8 Å². The molecule has 0 saturated heterocycles. The Morgan fingerprint density at radius 3 is 2.79 bits per heavy atom. The molecular formula is C12H21N7. The van der Waals surface area contributed by atoms with Crippen molar-refractivity contribution in [3.63, 3.8) is 0 Å². The van der Waals surface area contributed by atoms with Gasteiger partial charge in [0.05, 0.1) is 6.33 Å². The number of anilines is 2. The molecule has 2 aromatic rings. The summed E-state index contributed by atoms with van der Waals surface area (Å²) in [6.07, 6.45) is 1.63. The van der Waals surface area contributed by atoms with Crippen molar-refractivity contribution in [2.24, 2.45) is 0 Å². The number of likely N-dealkylation sites (N-methyl/N-ethyl adjacent to an activating group) is 1. The number of nitrogens with zero attached hydrogens (tertiary/aromatic N) is 4. The molecule has 19 heavy (non-hydrogen) atoms. The predicted molar refractivity (Wildman–Crippen MR) is 77.5 cm³/mol. The first-order chi connectivity index (χ1) is 9.11. The van der Waals surface area contributed by atoms with Gasteiger partial charge in [0.25, 0.3) is 0 Å². The Balaban J connectivity index is 2.22. The molecule has 0 aliphatic carbocycles. The molecule has 1 atom stereocenters. The van der Waals surface area contributed by atoms with Gasteiger partial charge in [0.2, 0.25) is 5.95 Å². The van der Waals surface area contributed by atoms with E-state index < -0.39 is 0 Å². The van der Waals surface area contributed by atoms with Gasteiger partial charge in [-0.15, -0.1) is 0 Å². The Hall–Kier alpha value is -1.89. The molecule has 2 aromatic heterocycles. The Labute approximate surface area is 112 Å². The number of aromatic amines is 1. The fourth-order valence-electron chi connectivity index (χ4n) is 1.63. The van der Waals surface area contributed by atoms with E-state index >= 15 is 0 Å². The average Bonchev–Trinajstić information content (AvgIpc) is 2.84. The normalized spacial score (nSPS) is 12.9. The van der Waals surface area contributed by atoms with Gasteiger partial charge >= 0.3 is 0 Å². The van der Waals surface area contributed by atoms with Crippen molar-refractivity contribution in [2.75, 3.05) is 37.8 Å². The molecule has 3 N–H and O–H groups in total. The van der Waals surface area contributed by atoms with E-state index in [1.165, 1.54) is 0 Å². The smallest absolute Gasteiger partial charge is 0.226 e. The molecule has 0 fully saturated rings. The van der Waals surface area contributed by atoms with Gasteiger partial charge < -0.3 is 20.5 Å². The first kappa shape index (κ1) is 13.5. The molecule has 1 unspecified atom stereocenters. The van der Waals surface area contributed by atoms with Gasteiger partial charge in [-0.3, -0.25) is 0 Å². The minimum absolute atomic E-state index is 0.413. The lowest BCUT2D eigenvalue weighted by molar-refractivity contribution is 0.326. The lowest BCUT2D eigenvalue weighted by Crippen LogP contribution is -2.31. The molecule has 0 aromatic carbocycles. The molecular weight excluding hydrogens is 242 g/mol. The Kier molecular flexibility index (Phi) is 4.16. The van der Waals surface area contributed by atoms with Gasteiger partial charge in [0.1, 0.15) is 5.52 Å². The monoisotopic (exact) mass is 263 g/mol. The Morgan fingerprint density at radius 1 is 1.32 bits per heavy atom. The molecule has 104 valence electrons. The lowest BCUT2D eigenvalue weighted by atomic mass is 10.3. The summed E-state index contributed by atoms with van der Waals surface area (Å²) in [5.74, 6) is 1.38. The average molecular weight is 263 g/mol. The van der Waals surface area contributed by atoms with Crippen LogP contribution in [-0.4, -0.2) is 58.1 Å². The van der Waals surface area contributed by atoms with Crippen LogP contribution in [0.3, 0.4) is 0 Å². The zero-order chi connectivity index (χ0) is 13.8. The lowest BCUT2D eigenvalue weighted by Gasteiger charge is -2.20. The molecule has 2 rings (SSSR count). The maximum absolute atomic E-state index is 4.47. The number of fused-ring (bicyclic) bond motifs is 1. The minimum Gasteiger partial charge on any atom is -0.367 e. The van der Waals surface area contributed by atoms with E-state index in [1.54, 1.807) is 6.33 Å². The zero-order valence-electron chi connectivity index (χ0n) is 11.9. The van der Waals surface area contributed by atoms with Crippen molar-refractivity contribution in [1.29, 1.82) is 0 Å². The number of H-pyrrole nitrogens is 1. The van der Waals surface area contributed by atoms with E-state index in [1.807, 2.05) is 6.92 Å². The number of nitrogens with one attached hydrogen (secondary N) is 3. The van der Waals surface area contributed by atoms with Crippen LogP contribution in [0.4, 0.5) is 11.8 Å². The summed E-state index contributed by atoms with van der Waals surface area (Å²) in [6, 6.07) is 0.413. The summed E-state index contributed by atoms with van der Waals surface area (Å²) in [6.45, 7) is 5.76. The number of hydrogen-bond acceptors (Lipinski definition) is 6. The van der Waals surface area contributed by atoms with Gasteiger partial charge in [-0.1, -0.05) is 0 Å². The van der Waals surface area contributed by atoms with Gasteiger partial charge in [-0.05, 0) is 27.9 Å². The van der Waals surface area contributed by atoms with E-state index in [2.05, 4.69) is 56.5 Å². The summed E-state index contributed by atoms with van der Waals surface area (Å²) in [5, 5.41) is 6.46. The number of rotatable bonds is 6. The van der Waals surface area contributed by atoms with Crippen LogP contribution in [0.5, 0.6) is 0 Å². The van der Waals surface area contributed by atoms with Crippen LogP contribution in [0.2, 0.25) is 0 Å². The highest BCUT2D eigenvalue weighted by Crippen LogP contribution is 2.18. The summed E-state index contributed by atoms with van der Waals surface area (Å²) in [7, 11) is 4.12. The van der Waals surface area contributed by atoms with Crippen LogP contribution in [0.25, 0.3) is 11.2 Å². The van der Waals surface area contributed by atoms with E-state index in [4.69, 9.17) is 0 Å². The summed E-state index contributed by atoms with van der Waals surface area (Å²) >= 11 is 0. The van der Waals surface area contributed by atoms with Crippen molar-refractivity contribution < 1.29 is 0 Å². The molecule has 2 heterocycles. The molecule has 7 nitrogen and oxygen atoms in total. The molecule has 0 radical (unpaired) electrons. The highest BCUT2D eigenvalue weighted by Gasteiger charge is 2.11. The van der Waals surface area contributed by atoms with E-state index in [-0.39, 0.29) is 0 Å². The third-order valence-electron chi connectivity index (χ3n) is 3.07. The maximum Gasteiger partial charge on any atom is 0.226 e. The molecule has 0 saturated carbocycles. The maximum atomic E-state index is 4.47. The molecule has 0 aliphatic rings. The third kappa shape index (κ3) is 3.11. The third-order valence-corrected chi connectivity index (χ3v) is 3.07. The van der Waals surface area contributed by atoms with Crippen LogP contribution in [0.1, 0.15) is 13.8 Å². The number of hydrogen-bond donors (Lipinski definition) is 3. The predicted octanol–water partition coefficient (Wildman–Crippen LogP) is 1.15. The quantitative estimate of drug-likeness (QED) is 0.725. The van der Waals surface area contributed by atoms with Crippen molar-refractivity contribution in [3.05, 3.63) is 6.33 Å². The standard InChI is InChI=1S/C12H21N7/c1-5-13-12-17-10(14-6-8(2)19(3)4)9-11(18-12)16-7-15-9/h7-8H,5-6H2,1-4H3,(H3,13,14,15,16,17,18). The van der Waals surface area contributed by atoms with E-state index in [0.29, 0.717) is 17.6 Å². The second-order valence-corrected chi connectivity index (χ2v) is 4.72. The second kappa shape index (κ2) is 5.83. The first-order valence-corrected chi connectivity index (χ1v) is 6.47. The van der Waals surface area contributed by atoms with Gasteiger partial charge in [-0.2, -0.15) is 9.97 Å². The van der Waals surface area contributed by atoms with E-state index in [0.717, 1.165) is 24.4 Å². The van der Waals surface area contributed by atoms with Crippen molar-refractivity contribution >= 4 is 22.9 Å². The van der Waals surface area contributed by atoms with Gasteiger partial charge in [0, 0.05) is 19.1 Å². The number of aromatic nitrogens is 4. The fraction of sp³-hybridized carbons (Fsp3) is 0.583. The van der Waals surface area contributed by atoms with Crippen molar-refractivity contribution in [1.82, 2.24) is 24.8 Å². The molecule has 0 aliphatic heterocycles. The van der Waals surface area contributed by atoms with Crippen LogP contribution < -0.4 is 10.6 Å². The largest absolute Gasteiger partial charge is 0.367 e. The number of imidazole rings is 1. The van der Waals surface area contributed by atoms with Crippen LogP contribution in [0, 0.1) is 0 Å². The van der Waals surface area contributed by atoms with E-state index in [9.17, 15) is 0 Å². The van der Waals surface area contributed by atoms with Crippen molar-refractivity contribution in [2.45, 2.75) is 19.9 Å². The van der Waals surface area contributed by atoms with Gasteiger partial charge in [-0.25, -0.2) is 4.98 Å². The SMILES string of the molecule is CCNc1nc(NCC(C)N(C)C)c2[nH]cnc2n1. The summed E-state index contributed by atoms with van der Waals surface area (Å²) in [5.41, 5.74) is 1.51. The molecule has 0 spiro atoms. The second-order valence-electron chi connectivity index (χ2n) is 4.72. The fourth-order valence-corrected chi connectivity index (χ4v) is 1.63. The summed E-state index contributed by atoms with van der Waals surface area (Å²) in [4.78, 5) is 18.2. The van der Waals surface area contributed by atoms with Crippen molar-refractivity contribution in [3.8, 4) is 0 Å². The first-order valence-electron chi connectivity index (χ1n) is 6.47. The minimum atomic E-state index is 0.413.